The van der Waals surface area contributed by atoms with Gasteiger partial charge in [0, 0.05) is 33.2 Å². The van der Waals surface area contributed by atoms with Crippen LogP contribution in [0.1, 0.15) is 56.1 Å². The molecule has 0 bridgehead atoms. The Morgan fingerprint density at radius 1 is 1.30 bits per heavy atom. The second-order valence-electron chi connectivity index (χ2n) is 8.59. The number of methoxy groups -OCH3 is 2. The van der Waals surface area contributed by atoms with E-state index in [9.17, 15) is 5.11 Å². The summed E-state index contributed by atoms with van der Waals surface area (Å²) < 4.78 is 16.9. The maximum absolute atomic E-state index is 9.35. The van der Waals surface area contributed by atoms with E-state index in [0.29, 0.717) is 24.4 Å². The van der Waals surface area contributed by atoms with Crippen LogP contribution >= 0.6 is 11.9 Å². The Balaban J connectivity index is 1.44. The average molecular weight is 437 g/mol. The zero-order valence-electron chi connectivity index (χ0n) is 18.1. The molecule has 2 aromatic heterocycles. The van der Waals surface area contributed by atoms with Crippen LogP contribution in [0, 0.1) is 12.8 Å². The molecule has 0 spiro atoms. The molecular weight excluding hydrogens is 404 g/mol. The van der Waals surface area contributed by atoms with Crippen molar-refractivity contribution in [1.82, 2.24) is 24.5 Å². The Morgan fingerprint density at radius 2 is 2.00 bits per heavy atom. The molecule has 0 radical (unpaired) electrons. The number of nitrogens with one attached hydrogen (secondary N) is 1. The SMILES string of the molecule is COCC1(n2c(NSC(C)C(OC)c3ncc(C)cn3)nn2C2CC(CO)C2)CC1. The lowest BCUT2D eigenvalue weighted by Gasteiger charge is -2.41. The van der Waals surface area contributed by atoms with Gasteiger partial charge < -0.3 is 14.6 Å². The van der Waals surface area contributed by atoms with E-state index in [1.165, 1.54) is 0 Å². The van der Waals surface area contributed by atoms with E-state index in [2.05, 4.69) is 31.1 Å². The lowest BCUT2D eigenvalue weighted by molar-refractivity contribution is 0.0510. The van der Waals surface area contributed by atoms with E-state index >= 15 is 0 Å². The van der Waals surface area contributed by atoms with Crippen LogP contribution in [-0.4, -0.2) is 62.3 Å². The number of aromatic nitrogens is 5. The molecule has 2 fully saturated rings. The van der Waals surface area contributed by atoms with Crippen LogP contribution in [0.15, 0.2) is 12.4 Å². The van der Waals surface area contributed by atoms with Crippen LogP contribution in [0.5, 0.6) is 0 Å². The molecule has 2 saturated carbocycles. The van der Waals surface area contributed by atoms with Gasteiger partial charge in [-0.05, 0) is 63.0 Å². The molecule has 4 rings (SSSR count). The first-order valence-electron chi connectivity index (χ1n) is 10.5. The molecule has 0 aromatic carbocycles. The van der Waals surface area contributed by atoms with Crippen molar-refractivity contribution < 1.29 is 14.6 Å². The molecule has 0 saturated heterocycles. The number of hydrogen-bond donors (Lipinski definition) is 2. The summed E-state index contributed by atoms with van der Waals surface area (Å²) in [7, 11) is 3.44. The van der Waals surface area contributed by atoms with Gasteiger partial charge in [0.1, 0.15) is 6.10 Å². The predicted octanol–water partition coefficient (Wildman–Crippen LogP) is 2.70. The van der Waals surface area contributed by atoms with Gasteiger partial charge >= 0.3 is 0 Å². The fraction of sp³-hybridized carbons (Fsp3) is 0.750. The Labute approximate surface area is 181 Å². The summed E-state index contributed by atoms with van der Waals surface area (Å²) in [5.41, 5.74) is 1.02. The third-order valence-electron chi connectivity index (χ3n) is 6.16. The van der Waals surface area contributed by atoms with Gasteiger partial charge in [-0.1, -0.05) is 0 Å². The molecule has 2 heterocycles. The zero-order chi connectivity index (χ0) is 21.3. The highest BCUT2D eigenvalue weighted by molar-refractivity contribution is 8.01. The van der Waals surface area contributed by atoms with Crippen molar-refractivity contribution >= 4 is 17.9 Å². The van der Waals surface area contributed by atoms with Crippen LogP contribution in [0.25, 0.3) is 0 Å². The van der Waals surface area contributed by atoms with Crippen LogP contribution < -0.4 is 4.72 Å². The van der Waals surface area contributed by atoms with E-state index < -0.39 is 0 Å². The molecule has 2 N–H and O–H groups in total. The van der Waals surface area contributed by atoms with E-state index in [1.54, 1.807) is 26.2 Å². The van der Waals surface area contributed by atoms with Gasteiger partial charge in [-0.25, -0.2) is 14.6 Å². The minimum Gasteiger partial charge on any atom is -0.396 e. The standard InChI is InChI=1S/C20H32N6O3S/c1-13-9-21-18(22-10-13)17(29-4)14(2)30-24-19-23-26(16-7-15(8-16)11-27)25(19)20(5-6-20)12-28-3/h9-10,14-17,27H,5-8,11-12H2,1-4H3,(H,23,24). The highest BCUT2D eigenvalue weighted by Crippen LogP contribution is 2.49. The minimum absolute atomic E-state index is 0.00629. The lowest BCUT2D eigenvalue weighted by Crippen LogP contribution is -2.44. The van der Waals surface area contributed by atoms with Crippen LogP contribution in [0.4, 0.5) is 5.95 Å². The van der Waals surface area contributed by atoms with Gasteiger partial charge in [0.2, 0.25) is 5.95 Å². The maximum Gasteiger partial charge on any atom is 0.249 e. The molecule has 10 heteroatoms. The first kappa shape index (κ1) is 21.6. The molecule has 2 atom stereocenters. The van der Waals surface area contributed by atoms with Crippen molar-refractivity contribution in [3.8, 4) is 0 Å². The van der Waals surface area contributed by atoms with Gasteiger partial charge in [0.05, 0.1) is 23.4 Å². The Morgan fingerprint density at radius 3 is 2.57 bits per heavy atom. The van der Waals surface area contributed by atoms with Crippen molar-refractivity contribution in [3.05, 3.63) is 23.8 Å². The fourth-order valence-electron chi connectivity index (χ4n) is 4.13. The summed E-state index contributed by atoms with van der Waals surface area (Å²) in [5, 5.41) is 14.2. The summed E-state index contributed by atoms with van der Waals surface area (Å²) >= 11 is 1.57. The lowest BCUT2D eigenvalue weighted by atomic mass is 9.81. The van der Waals surface area contributed by atoms with Crippen LogP contribution in [0.2, 0.25) is 0 Å². The molecule has 166 valence electrons. The summed E-state index contributed by atoms with van der Waals surface area (Å²) in [4.78, 5) is 11.0. The molecule has 0 amide bonds. The quantitative estimate of drug-likeness (QED) is 0.519. The molecular formula is C20H32N6O3S. The summed E-state index contributed by atoms with van der Waals surface area (Å²) in [6, 6.07) is 0.358. The Hall–Kier alpha value is -1.62. The van der Waals surface area contributed by atoms with E-state index in [1.807, 2.05) is 19.3 Å². The molecule has 30 heavy (non-hydrogen) atoms. The van der Waals surface area contributed by atoms with Gasteiger partial charge in [0.15, 0.2) is 5.82 Å². The fourth-order valence-corrected chi connectivity index (χ4v) is 4.90. The van der Waals surface area contributed by atoms with Crippen LogP contribution in [-0.2, 0) is 15.0 Å². The van der Waals surface area contributed by atoms with Crippen molar-refractivity contribution in [2.75, 3.05) is 32.2 Å². The smallest absolute Gasteiger partial charge is 0.249 e. The number of aliphatic hydroxyl groups excluding tert-OH is 1. The summed E-state index contributed by atoms with van der Waals surface area (Å²) in [5.74, 6) is 1.93. The predicted molar refractivity (Wildman–Crippen MR) is 115 cm³/mol. The van der Waals surface area contributed by atoms with E-state index in [4.69, 9.17) is 14.6 Å². The first-order chi connectivity index (χ1) is 14.5. The van der Waals surface area contributed by atoms with Crippen molar-refractivity contribution in [2.45, 2.75) is 62.5 Å². The first-order valence-corrected chi connectivity index (χ1v) is 11.4. The Bertz CT molecular complexity index is 828. The van der Waals surface area contributed by atoms with Gasteiger partial charge in [-0.15, -0.1) is 5.10 Å². The second-order valence-corrected chi connectivity index (χ2v) is 9.77. The number of nitrogens with zero attached hydrogens (tertiary/aromatic N) is 5. The third kappa shape index (κ3) is 4.10. The van der Waals surface area contributed by atoms with Crippen molar-refractivity contribution in [3.63, 3.8) is 0 Å². The highest BCUT2D eigenvalue weighted by atomic mass is 32.2. The van der Waals surface area contributed by atoms with E-state index in [-0.39, 0.29) is 23.5 Å². The topological polar surface area (TPSA) is 99.3 Å². The molecule has 2 aromatic rings. The molecule has 0 aliphatic heterocycles. The molecule has 9 nitrogen and oxygen atoms in total. The average Bonchev–Trinajstić information content (AvgIpc) is 3.44. The van der Waals surface area contributed by atoms with E-state index in [0.717, 1.165) is 37.2 Å². The van der Waals surface area contributed by atoms with Crippen molar-refractivity contribution in [2.24, 2.45) is 5.92 Å². The maximum atomic E-state index is 9.35. The second kappa shape index (κ2) is 8.86. The number of hydrogen-bond acceptors (Lipinski definition) is 8. The number of aliphatic hydroxyl groups is 1. The molecule has 2 aliphatic rings. The Kier molecular flexibility index (Phi) is 6.38. The summed E-state index contributed by atoms with van der Waals surface area (Å²) in [6.07, 6.45) is 7.54. The normalized spacial score (nSPS) is 24.3. The van der Waals surface area contributed by atoms with Crippen molar-refractivity contribution in [1.29, 1.82) is 0 Å². The number of rotatable bonds is 11. The molecule has 2 unspecified atom stereocenters. The van der Waals surface area contributed by atoms with Gasteiger partial charge in [-0.3, -0.25) is 4.72 Å². The number of aryl methyl sites for hydroxylation is 1. The molecule has 2 aliphatic carbocycles. The summed E-state index contributed by atoms with van der Waals surface area (Å²) in [6.45, 7) is 5.00. The number of ether oxygens (including phenoxy) is 2. The third-order valence-corrected chi connectivity index (χ3v) is 7.08. The largest absolute Gasteiger partial charge is 0.396 e. The van der Waals surface area contributed by atoms with Gasteiger partial charge in [0.25, 0.3) is 0 Å². The highest BCUT2D eigenvalue weighted by Gasteiger charge is 2.50. The number of anilines is 1. The van der Waals surface area contributed by atoms with Gasteiger partial charge in [-0.2, -0.15) is 4.80 Å². The minimum atomic E-state index is -0.223. The van der Waals surface area contributed by atoms with Crippen LogP contribution in [0.3, 0.4) is 0 Å². The monoisotopic (exact) mass is 436 g/mol. The zero-order valence-corrected chi connectivity index (χ0v) is 18.9.